The van der Waals surface area contributed by atoms with Crippen molar-refractivity contribution in [3.8, 4) is 5.75 Å². The summed E-state index contributed by atoms with van der Waals surface area (Å²) in [5.41, 5.74) is 0.788. The number of halogens is 2. The number of guanidine groups is 1. The lowest BCUT2D eigenvalue weighted by molar-refractivity contribution is 0.0671. The van der Waals surface area contributed by atoms with Gasteiger partial charge in [0.05, 0.1) is 19.3 Å². The molecule has 10 heteroatoms. The van der Waals surface area contributed by atoms with Crippen LogP contribution < -0.4 is 15.4 Å². The molecule has 0 aliphatic carbocycles. The molecule has 0 amide bonds. The Hall–Kier alpha value is -2.72. The molecule has 0 aliphatic rings. The molecule has 1 heterocycles. The maximum atomic E-state index is 13.0. The van der Waals surface area contributed by atoms with Crippen molar-refractivity contribution in [3.05, 3.63) is 42.5 Å². The summed E-state index contributed by atoms with van der Waals surface area (Å²) in [6.45, 7) is 3.52. The van der Waals surface area contributed by atoms with Gasteiger partial charge in [-0.2, -0.15) is 8.78 Å². The van der Waals surface area contributed by atoms with Crippen molar-refractivity contribution in [2.24, 2.45) is 4.99 Å². The van der Waals surface area contributed by atoms with E-state index < -0.39 is 6.55 Å². The van der Waals surface area contributed by atoms with Gasteiger partial charge in [-0.25, -0.2) is 9.98 Å². The molecule has 1 aromatic heterocycles. The summed E-state index contributed by atoms with van der Waals surface area (Å²) in [5.74, 6) is 1.40. The Balaban J connectivity index is 1.98. The maximum absolute atomic E-state index is 13.0. The molecule has 2 rings (SSSR count). The third-order valence-corrected chi connectivity index (χ3v) is 4.02. The first kappa shape index (κ1) is 24.5. The zero-order valence-electron chi connectivity index (χ0n) is 18.2. The van der Waals surface area contributed by atoms with Crippen LogP contribution in [0.15, 0.2) is 41.7 Å². The highest BCUT2D eigenvalue weighted by Gasteiger charge is 2.11. The summed E-state index contributed by atoms with van der Waals surface area (Å²) in [5, 5.41) is 6.37. The lowest BCUT2D eigenvalue weighted by Crippen LogP contribution is -2.32. The molecule has 0 spiro atoms. The summed E-state index contributed by atoms with van der Waals surface area (Å²) in [7, 11) is 1.63. The largest absolute Gasteiger partial charge is 0.491 e. The molecule has 8 nitrogen and oxygen atoms in total. The predicted octanol–water partition coefficient (Wildman–Crippen LogP) is 3.68. The topological polar surface area (TPSA) is 81.9 Å². The first-order chi connectivity index (χ1) is 15.0. The minimum absolute atomic E-state index is 0.00551. The van der Waals surface area contributed by atoms with E-state index in [9.17, 15) is 8.78 Å². The second kappa shape index (κ2) is 13.6. The van der Waals surface area contributed by atoms with Gasteiger partial charge in [0.1, 0.15) is 18.1 Å². The summed E-state index contributed by atoms with van der Waals surface area (Å²) in [6, 6.07) is 7.44. The number of imidazole rings is 1. The molecule has 1 aromatic carbocycles. The summed E-state index contributed by atoms with van der Waals surface area (Å²) < 4.78 is 42.9. The Labute approximate surface area is 181 Å². The van der Waals surface area contributed by atoms with E-state index in [1.807, 2.05) is 38.1 Å². The number of aliphatic imine (C=N–C) groups is 1. The first-order valence-electron chi connectivity index (χ1n) is 10.2. The fraction of sp³-hybridized carbons (Fsp3) is 0.524. The van der Waals surface area contributed by atoms with Crippen LogP contribution in [-0.4, -0.2) is 55.1 Å². The third kappa shape index (κ3) is 9.31. The minimum atomic E-state index is -2.66. The van der Waals surface area contributed by atoms with E-state index in [1.165, 1.54) is 12.4 Å². The average molecular weight is 440 g/mol. The van der Waals surface area contributed by atoms with Crippen LogP contribution in [0.1, 0.15) is 32.6 Å². The van der Waals surface area contributed by atoms with Crippen molar-refractivity contribution in [1.82, 2.24) is 14.9 Å². The highest BCUT2D eigenvalue weighted by molar-refractivity contribution is 5.93. The molecular weight excluding hydrogens is 408 g/mol. The highest BCUT2D eigenvalue weighted by Crippen LogP contribution is 2.17. The van der Waals surface area contributed by atoms with E-state index in [-0.39, 0.29) is 18.5 Å². The van der Waals surface area contributed by atoms with Gasteiger partial charge in [0.2, 0.25) is 0 Å². The van der Waals surface area contributed by atoms with Gasteiger partial charge < -0.3 is 24.8 Å². The van der Waals surface area contributed by atoms with Gasteiger partial charge in [-0.3, -0.25) is 4.57 Å². The van der Waals surface area contributed by atoms with Crippen molar-refractivity contribution >= 4 is 11.6 Å². The molecule has 2 N–H and O–H groups in total. The van der Waals surface area contributed by atoms with Gasteiger partial charge in [-0.05, 0) is 44.5 Å². The van der Waals surface area contributed by atoms with Crippen molar-refractivity contribution in [3.63, 3.8) is 0 Å². The smallest absolute Gasteiger partial charge is 0.319 e. The number of nitrogens with one attached hydrogen (secondary N) is 2. The van der Waals surface area contributed by atoms with Crippen molar-refractivity contribution < 1.29 is 23.0 Å². The van der Waals surface area contributed by atoms with Gasteiger partial charge in [0.25, 0.3) is 0 Å². The van der Waals surface area contributed by atoms with Crippen LogP contribution in [0.3, 0.4) is 0 Å². The first-order valence-corrected chi connectivity index (χ1v) is 10.2. The van der Waals surface area contributed by atoms with Gasteiger partial charge in [0, 0.05) is 38.3 Å². The van der Waals surface area contributed by atoms with Gasteiger partial charge >= 0.3 is 6.55 Å². The van der Waals surface area contributed by atoms with E-state index in [0.29, 0.717) is 32.3 Å². The SMILES string of the molecule is COCCOCCCNC(=NCc1nccn1C(F)F)Nc1ccc(OC(C)C)cc1. The standard InChI is InChI=1S/C21H31F2N5O3/c1-16(2)31-18-7-5-17(6-8-18)27-21(25-9-4-12-30-14-13-29-3)26-15-19-24-10-11-28(19)20(22)23/h5-8,10-11,16,20H,4,9,12-15H2,1-3H3,(H2,25,26,27). The number of nitrogens with zero attached hydrogens (tertiary/aromatic N) is 3. The highest BCUT2D eigenvalue weighted by atomic mass is 19.3. The number of alkyl halides is 2. The van der Waals surface area contributed by atoms with Crippen LogP contribution in [0.2, 0.25) is 0 Å². The van der Waals surface area contributed by atoms with Crippen molar-refractivity contribution in [2.45, 2.75) is 39.5 Å². The fourth-order valence-corrected chi connectivity index (χ4v) is 2.58. The molecule has 0 bridgehead atoms. The van der Waals surface area contributed by atoms with Crippen molar-refractivity contribution in [1.29, 1.82) is 0 Å². The Bertz CT molecular complexity index is 782. The van der Waals surface area contributed by atoms with E-state index in [1.54, 1.807) is 7.11 Å². The quantitative estimate of drug-likeness (QED) is 0.282. The molecule has 0 aliphatic heterocycles. The van der Waals surface area contributed by atoms with Crippen LogP contribution >= 0.6 is 0 Å². The molecule has 0 saturated carbocycles. The normalized spacial score (nSPS) is 11.9. The molecule has 172 valence electrons. The number of rotatable bonds is 13. The Morgan fingerprint density at radius 2 is 1.94 bits per heavy atom. The van der Waals surface area contributed by atoms with E-state index in [0.717, 1.165) is 22.4 Å². The Kier molecular flexibility index (Phi) is 10.7. The molecular formula is C21H31F2N5O3. The molecule has 0 fully saturated rings. The molecule has 2 aromatic rings. The van der Waals surface area contributed by atoms with Gasteiger partial charge in [-0.1, -0.05) is 0 Å². The maximum Gasteiger partial charge on any atom is 0.319 e. The predicted molar refractivity (Wildman–Crippen MR) is 116 cm³/mol. The van der Waals surface area contributed by atoms with Crippen LogP contribution in [0.5, 0.6) is 5.75 Å². The zero-order chi connectivity index (χ0) is 22.5. The third-order valence-electron chi connectivity index (χ3n) is 4.02. The average Bonchev–Trinajstić information content (AvgIpc) is 3.21. The molecule has 0 unspecified atom stereocenters. The van der Waals surface area contributed by atoms with E-state index in [2.05, 4.69) is 20.6 Å². The number of benzene rings is 1. The van der Waals surface area contributed by atoms with Crippen LogP contribution in [0.25, 0.3) is 0 Å². The Morgan fingerprint density at radius 3 is 2.61 bits per heavy atom. The number of aromatic nitrogens is 2. The minimum Gasteiger partial charge on any atom is -0.491 e. The number of anilines is 1. The fourth-order valence-electron chi connectivity index (χ4n) is 2.58. The van der Waals surface area contributed by atoms with Crippen LogP contribution in [0.4, 0.5) is 14.5 Å². The number of hydrogen-bond acceptors (Lipinski definition) is 5. The molecule has 0 atom stereocenters. The number of hydrogen-bond donors (Lipinski definition) is 2. The summed E-state index contributed by atoms with van der Waals surface area (Å²) in [4.78, 5) is 8.37. The monoisotopic (exact) mass is 439 g/mol. The zero-order valence-corrected chi connectivity index (χ0v) is 18.2. The molecule has 0 radical (unpaired) electrons. The molecule has 31 heavy (non-hydrogen) atoms. The second-order valence-electron chi connectivity index (χ2n) is 6.89. The summed E-state index contributed by atoms with van der Waals surface area (Å²) >= 11 is 0. The number of methoxy groups -OCH3 is 1. The van der Waals surface area contributed by atoms with Gasteiger partial charge in [-0.15, -0.1) is 0 Å². The molecule has 0 saturated heterocycles. The van der Waals surface area contributed by atoms with Crippen LogP contribution in [0, 0.1) is 0 Å². The van der Waals surface area contributed by atoms with Crippen molar-refractivity contribution in [2.75, 3.05) is 38.8 Å². The number of ether oxygens (including phenoxy) is 3. The lowest BCUT2D eigenvalue weighted by atomic mass is 10.3. The van der Waals surface area contributed by atoms with Gasteiger partial charge in [0.15, 0.2) is 5.96 Å². The van der Waals surface area contributed by atoms with E-state index in [4.69, 9.17) is 14.2 Å². The van der Waals surface area contributed by atoms with E-state index >= 15 is 0 Å². The second-order valence-corrected chi connectivity index (χ2v) is 6.89. The van der Waals surface area contributed by atoms with Crippen LogP contribution in [-0.2, 0) is 16.0 Å². The lowest BCUT2D eigenvalue weighted by Gasteiger charge is -2.14. The Morgan fingerprint density at radius 1 is 1.16 bits per heavy atom. The summed E-state index contributed by atoms with van der Waals surface area (Å²) in [6.07, 6.45) is 3.41.